The van der Waals surface area contributed by atoms with Gasteiger partial charge in [0.2, 0.25) is 0 Å². The van der Waals surface area contributed by atoms with E-state index in [0.29, 0.717) is 0 Å². The Kier molecular flexibility index (Phi) is 7.14. The van der Waals surface area contributed by atoms with Crippen molar-refractivity contribution in [1.29, 1.82) is 0 Å². The number of unbranched alkanes of at least 4 members (excludes halogenated alkanes) is 1. The Bertz CT molecular complexity index is 320. The van der Waals surface area contributed by atoms with Crippen molar-refractivity contribution in [2.45, 2.75) is 38.5 Å². The fraction of sp³-hybridized carbons (Fsp3) is 0.600. The normalized spacial score (nSPS) is 16.1. The van der Waals surface area contributed by atoms with Crippen LogP contribution in [-0.2, 0) is 0 Å². The number of benzene rings is 1. The van der Waals surface area contributed by atoms with Crippen LogP contribution in [-0.4, -0.2) is 19.7 Å². The summed E-state index contributed by atoms with van der Waals surface area (Å²) in [7, 11) is 0. The van der Waals surface area contributed by atoms with E-state index in [1.54, 1.807) is 0 Å². The molecule has 1 aliphatic heterocycles. The molecule has 0 amide bonds. The van der Waals surface area contributed by atoms with Gasteiger partial charge in [0.15, 0.2) is 0 Å². The molecule has 0 unspecified atom stereocenters. The molecule has 1 aliphatic rings. The van der Waals surface area contributed by atoms with Gasteiger partial charge in [-0.1, -0.05) is 25.5 Å². The Morgan fingerprint density at radius 1 is 1.17 bits per heavy atom. The van der Waals surface area contributed by atoms with Gasteiger partial charge in [0, 0.05) is 0 Å². The molecule has 1 aromatic rings. The highest BCUT2D eigenvalue weighted by atomic mass is 35.5. The highest BCUT2D eigenvalue weighted by molar-refractivity contribution is 5.85. The third kappa shape index (κ3) is 4.51. The van der Waals surface area contributed by atoms with Gasteiger partial charge in [-0.25, -0.2) is 0 Å². The smallest absolute Gasteiger partial charge is 0.119 e. The molecule has 0 radical (unpaired) electrons. The minimum absolute atomic E-state index is 0. The lowest BCUT2D eigenvalue weighted by atomic mass is 9.90. The van der Waals surface area contributed by atoms with Crippen molar-refractivity contribution in [2.75, 3.05) is 19.7 Å². The van der Waals surface area contributed by atoms with Crippen LogP contribution in [0, 0.1) is 0 Å². The molecule has 3 heteroatoms. The number of hydrogen-bond donors (Lipinski definition) is 1. The number of hydrogen-bond acceptors (Lipinski definition) is 2. The van der Waals surface area contributed by atoms with Gasteiger partial charge in [-0.2, -0.15) is 0 Å². The van der Waals surface area contributed by atoms with E-state index in [2.05, 4.69) is 36.5 Å². The molecule has 0 aliphatic carbocycles. The quantitative estimate of drug-likeness (QED) is 0.822. The Balaban J connectivity index is 0.00000162. The van der Waals surface area contributed by atoms with E-state index in [0.717, 1.165) is 37.8 Å². The second-order valence-electron chi connectivity index (χ2n) is 4.80. The van der Waals surface area contributed by atoms with E-state index in [1.807, 2.05) is 0 Å². The van der Waals surface area contributed by atoms with Crippen LogP contribution < -0.4 is 10.1 Å². The number of piperidine rings is 1. The fourth-order valence-electron chi connectivity index (χ4n) is 2.33. The first-order valence-corrected chi connectivity index (χ1v) is 6.83. The van der Waals surface area contributed by atoms with Crippen LogP contribution in [0.4, 0.5) is 0 Å². The minimum atomic E-state index is 0. The number of halogens is 1. The summed E-state index contributed by atoms with van der Waals surface area (Å²) < 4.78 is 5.68. The van der Waals surface area contributed by atoms with Gasteiger partial charge in [-0.3, -0.25) is 0 Å². The molecule has 0 bridgehead atoms. The fourth-order valence-corrected chi connectivity index (χ4v) is 2.33. The summed E-state index contributed by atoms with van der Waals surface area (Å²) >= 11 is 0. The van der Waals surface area contributed by atoms with Crippen LogP contribution in [0.2, 0.25) is 0 Å². The van der Waals surface area contributed by atoms with E-state index in [-0.39, 0.29) is 12.4 Å². The average molecular weight is 270 g/mol. The topological polar surface area (TPSA) is 21.3 Å². The van der Waals surface area contributed by atoms with Crippen molar-refractivity contribution in [3.8, 4) is 5.75 Å². The maximum atomic E-state index is 5.68. The molecule has 0 aromatic heterocycles. The highest BCUT2D eigenvalue weighted by Gasteiger charge is 2.14. The van der Waals surface area contributed by atoms with Crippen LogP contribution >= 0.6 is 12.4 Å². The Labute approximate surface area is 117 Å². The Morgan fingerprint density at radius 2 is 1.83 bits per heavy atom. The van der Waals surface area contributed by atoms with Crippen molar-refractivity contribution in [3.05, 3.63) is 29.8 Å². The maximum Gasteiger partial charge on any atom is 0.119 e. The summed E-state index contributed by atoms with van der Waals surface area (Å²) in [6.45, 7) is 5.33. The van der Waals surface area contributed by atoms with Crippen molar-refractivity contribution in [1.82, 2.24) is 5.32 Å². The van der Waals surface area contributed by atoms with Crippen LogP contribution in [0.5, 0.6) is 5.75 Å². The van der Waals surface area contributed by atoms with Crippen molar-refractivity contribution in [3.63, 3.8) is 0 Å². The third-order valence-electron chi connectivity index (χ3n) is 3.46. The first-order chi connectivity index (χ1) is 8.40. The zero-order valence-corrected chi connectivity index (χ0v) is 12.0. The summed E-state index contributed by atoms with van der Waals surface area (Å²) in [6.07, 6.45) is 4.84. The lowest BCUT2D eigenvalue weighted by molar-refractivity contribution is 0.309. The average Bonchev–Trinajstić information content (AvgIpc) is 2.41. The zero-order valence-electron chi connectivity index (χ0n) is 11.2. The number of nitrogens with one attached hydrogen (secondary N) is 1. The molecule has 1 N–H and O–H groups in total. The van der Waals surface area contributed by atoms with Crippen LogP contribution in [0.3, 0.4) is 0 Å². The van der Waals surface area contributed by atoms with Gasteiger partial charge >= 0.3 is 0 Å². The van der Waals surface area contributed by atoms with Crippen LogP contribution in [0.1, 0.15) is 44.1 Å². The Hall–Kier alpha value is -0.730. The first-order valence-electron chi connectivity index (χ1n) is 6.83. The molecular formula is C15H24ClNO. The third-order valence-corrected chi connectivity index (χ3v) is 3.46. The lowest BCUT2D eigenvalue weighted by Crippen LogP contribution is -2.26. The Morgan fingerprint density at radius 3 is 2.44 bits per heavy atom. The van der Waals surface area contributed by atoms with E-state index in [4.69, 9.17) is 4.74 Å². The molecule has 2 nitrogen and oxygen atoms in total. The van der Waals surface area contributed by atoms with Gasteiger partial charge in [0.25, 0.3) is 0 Å². The largest absolute Gasteiger partial charge is 0.494 e. The molecule has 102 valence electrons. The number of rotatable bonds is 5. The lowest BCUT2D eigenvalue weighted by Gasteiger charge is -2.23. The SMILES string of the molecule is CCCCOc1ccc(C2CCNCC2)cc1.Cl. The van der Waals surface area contributed by atoms with Gasteiger partial charge in [-0.15, -0.1) is 12.4 Å². The second kappa shape index (κ2) is 8.39. The predicted molar refractivity (Wildman–Crippen MR) is 78.9 cm³/mol. The molecule has 1 fully saturated rings. The van der Waals surface area contributed by atoms with Gasteiger partial charge in [-0.05, 0) is 56.0 Å². The standard InChI is InChI=1S/C15H23NO.ClH/c1-2-3-12-17-15-6-4-13(5-7-15)14-8-10-16-11-9-14;/h4-7,14,16H,2-3,8-12H2,1H3;1H. The monoisotopic (exact) mass is 269 g/mol. The summed E-state index contributed by atoms with van der Waals surface area (Å²) in [5.74, 6) is 1.75. The number of ether oxygens (including phenoxy) is 1. The molecule has 2 rings (SSSR count). The van der Waals surface area contributed by atoms with Crippen molar-refractivity contribution < 1.29 is 4.74 Å². The molecule has 1 aromatic carbocycles. The first kappa shape index (κ1) is 15.3. The van der Waals surface area contributed by atoms with Crippen molar-refractivity contribution >= 4 is 12.4 Å². The predicted octanol–water partition coefficient (Wildman–Crippen LogP) is 3.75. The molecule has 1 heterocycles. The van der Waals surface area contributed by atoms with E-state index < -0.39 is 0 Å². The van der Waals surface area contributed by atoms with E-state index in [1.165, 1.54) is 24.8 Å². The second-order valence-corrected chi connectivity index (χ2v) is 4.80. The molecule has 0 spiro atoms. The van der Waals surface area contributed by atoms with Gasteiger partial charge in [0.05, 0.1) is 6.61 Å². The van der Waals surface area contributed by atoms with Crippen LogP contribution in [0.15, 0.2) is 24.3 Å². The van der Waals surface area contributed by atoms with Crippen molar-refractivity contribution in [2.24, 2.45) is 0 Å². The summed E-state index contributed by atoms with van der Waals surface area (Å²) in [6, 6.07) is 8.70. The molecule has 0 saturated carbocycles. The molecule has 1 saturated heterocycles. The highest BCUT2D eigenvalue weighted by Crippen LogP contribution is 2.26. The van der Waals surface area contributed by atoms with Gasteiger partial charge in [0.1, 0.15) is 5.75 Å². The van der Waals surface area contributed by atoms with Crippen LogP contribution in [0.25, 0.3) is 0 Å². The molecular weight excluding hydrogens is 246 g/mol. The molecule has 0 atom stereocenters. The zero-order chi connectivity index (χ0) is 11.9. The summed E-state index contributed by atoms with van der Waals surface area (Å²) in [5.41, 5.74) is 1.47. The minimum Gasteiger partial charge on any atom is -0.494 e. The van der Waals surface area contributed by atoms with E-state index in [9.17, 15) is 0 Å². The summed E-state index contributed by atoms with van der Waals surface area (Å²) in [5, 5.41) is 3.41. The van der Waals surface area contributed by atoms with Gasteiger partial charge < -0.3 is 10.1 Å². The summed E-state index contributed by atoms with van der Waals surface area (Å²) in [4.78, 5) is 0. The maximum absolute atomic E-state index is 5.68. The van der Waals surface area contributed by atoms with E-state index >= 15 is 0 Å². The molecule has 18 heavy (non-hydrogen) atoms.